The first-order valence-electron chi connectivity index (χ1n) is 5.84. The van der Waals surface area contributed by atoms with Gasteiger partial charge in [0.2, 0.25) is 0 Å². The van der Waals surface area contributed by atoms with Crippen molar-refractivity contribution in [2.24, 2.45) is 5.73 Å². The van der Waals surface area contributed by atoms with Gasteiger partial charge >= 0.3 is 6.03 Å². The lowest BCUT2D eigenvalue weighted by atomic mass is 10.2. The van der Waals surface area contributed by atoms with Gasteiger partial charge in [-0.3, -0.25) is 5.01 Å². The van der Waals surface area contributed by atoms with E-state index in [1.807, 2.05) is 35.3 Å². The standard InChI is InChI=1S/C12H18N4O/c13-12(17)16(15-8-6-14-7-9-15)10-11-4-2-1-3-5-11/h1-5,14H,6-10H2,(H2,13,17). The van der Waals surface area contributed by atoms with E-state index in [9.17, 15) is 4.79 Å². The zero-order valence-corrected chi connectivity index (χ0v) is 9.80. The van der Waals surface area contributed by atoms with Gasteiger partial charge in [0.05, 0.1) is 6.54 Å². The van der Waals surface area contributed by atoms with E-state index < -0.39 is 6.03 Å². The Morgan fingerprint density at radius 2 is 1.94 bits per heavy atom. The normalized spacial score (nSPS) is 16.7. The zero-order valence-electron chi connectivity index (χ0n) is 9.80. The minimum atomic E-state index is -0.393. The number of nitrogens with two attached hydrogens (primary N) is 1. The Kier molecular flexibility index (Phi) is 3.95. The largest absolute Gasteiger partial charge is 0.350 e. The highest BCUT2D eigenvalue weighted by Crippen LogP contribution is 2.08. The number of amides is 2. The van der Waals surface area contributed by atoms with E-state index in [1.54, 1.807) is 5.01 Å². The summed E-state index contributed by atoms with van der Waals surface area (Å²) in [5, 5.41) is 6.88. The average molecular weight is 234 g/mol. The molecule has 0 aromatic heterocycles. The summed E-state index contributed by atoms with van der Waals surface area (Å²) in [5.74, 6) is 0. The van der Waals surface area contributed by atoms with Gasteiger partial charge < -0.3 is 11.1 Å². The maximum absolute atomic E-state index is 11.5. The summed E-state index contributed by atoms with van der Waals surface area (Å²) in [4.78, 5) is 11.5. The highest BCUT2D eigenvalue weighted by molar-refractivity contribution is 5.71. The third-order valence-electron chi connectivity index (χ3n) is 2.86. The molecule has 3 N–H and O–H groups in total. The van der Waals surface area contributed by atoms with E-state index >= 15 is 0 Å². The molecule has 0 bridgehead atoms. The Balaban J connectivity index is 2.04. The van der Waals surface area contributed by atoms with Crippen molar-refractivity contribution < 1.29 is 4.79 Å². The number of nitrogens with zero attached hydrogens (tertiary/aromatic N) is 2. The second-order valence-corrected chi connectivity index (χ2v) is 4.09. The van der Waals surface area contributed by atoms with Gasteiger partial charge in [0, 0.05) is 26.2 Å². The Bertz CT molecular complexity index is 362. The molecule has 17 heavy (non-hydrogen) atoms. The van der Waals surface area contributed by atoms with Crippen molar-refractivity contribution in [1.82, 2.24) is 15.3 Å². The van der Waals surface area contributed by atoms with Crippen LogP contribution in [-0.4, -0.2) is 42.2 Å². The fourth-order valence-corrected chi connectivity index (χ4v) is 1.97. The van der Waals surface area contributed by atoms with Gasteiger partial charge in [-0.15, -0.1) is 0 Å². The van der Waals surface area contributed by atoms with Crippen LogP contribution in [0.2, 0.25) is 0 Å². The third-order valence-corrected chi connectivity index (χ3v) is 2.86. The number of hydrogen-bond acceptors (Lipinski definition) is 3. The van der Waals surface area contributed by atoms with E-state index in [4.69, 9.17) is 5.73 Å². The van der Waals surface area contributed by atoms with Crippen LogP contribution in [0.3, 0.4) is 0 Å². The second kappa shape index (κ2) is 5.65. The van der Waals surface area contributed by atoms with Crippen LogP contribution in [-0.2, 0) is 6.54 Å². The molecular formula is C12H18N4O. The maximum atomic E-state index is 11.5. The fraction of sp³-hybridized carbons (Fsp3) is 0.417. The number of carbonyl (C=O) groups excluding carboxylic acids is 1. The SMILES string of the molecule is NC(=O)N(Cc1ccccc1)N1CCNCC1. The van der Waals surface area contributed by atoms with E-state index in [0.29, 0.717) is 6.54 Å². The number of rotatable bonds is 3. The number of carbonyl (C=O) groups is 1. The van der Waals surface area contributed by atoms with Crippen molar-refractivity contribution in [3.8, 4) is 0 Å². The summed E-state index contributed by atoms with van der Waals surface area (Å²) in [5.41, 5.74) is 6.53. The lowest BCUT2D eigenvalue weighted by Gasteiger charge is -2.36. The predicted molar refractivity (Wildman–Crippen MR) is 66.0 cm³/mol. The number of hydrogen-bond donors (Lipinski definition) is 2. The topological polar surface area (TPSA) is 61.6 Å². The maximum Gasteiger partial charge on any atom is 0.329 e. The summed E-state index contributed by atoms with van der Waals surface area (Å²) >= 11 is 0. The molecule has 1 aromatic rings. The van der Waals surface area contributed by atoms with Crippen molar-refractivity contribution in [3.63, 3.8) is 0 Å². The summed E-state index contributed by atoms with van der Waals surface area (Å²) in [7, 11) is 0. The molecule has 1 fully saturated rings. The molecule has 2 rings (SSSR count). The first kappa shape index (κ1) is 11.9. The molecule has 5 heteroatoms. The molecule has 0 saturated carbocycles. The van der Waals surface area contributed by atoms with Gasteiger partial charge in [-0.2, -0.15) is 0 Å². The van der Waals surface area contributed by atoms with Gasteiger partial charge in [0.15, 0.2) is 0 Å². The number of benzene rings is 1. The Hall–Kier alpha value is -1.59. The smallest absolute Gasteiger partial charge is 0.329 e. The quantitative estimate of drug-likeness (QED) is 0.795. The molecule has 0 aliphatic carbocycles. The van der Waals surface area contributed by atoms with Gasteiger partial charge in [0.25, 0.3) is 0 Å². The van der Waals surface area contributed by atoms with Crippen LogP contribution in [0.4, 0.5) is 4.79 Å². The van der Waals surface area contributed by atoms with Crippen molar-refractivity contribution >= 4 is 6.03 Å². The van der Waals surface area contributed by atoms with Crippen LogP contribution in [0.1, 0.15) is 5.56 Å². The number of urea groups is 1. The molecule has 0 radical (unpaired) electrons. The molecule has 5 nitrogen and oxygen atoms in total. The molecule has 0 unspecified atom stereocenters. The lowest BCUT2D eigenvalue weighted by Crippen LogP contribution is -2.55. The Morgan fingerprint density at radius 1 is 1.29 bits per heavy atom. The monoisotopic (exact) mass is 234 g/mol. The Labute approximate surface area is 101 Å². The van der Waals surface area contributed by atoms with Gasteiger partial charge in [-0.25, -0.2) is 9.80 Å². The van der Waals surface area contributed by atoms with Crippen LogP contribution >= 0.6 is 0 Å². The third kappa shape index (κ3) is 3.18. The zero-order chi connectivity index (χ0) is 12.1. The fourth-order valence-electron chi connectivity index (χ4n) is 1.97. The Morgan fingerprint density at radius 3 is 2.53 bits per heavy atom. The summed E-state index contributed by atoms with van der Waals surface area (Å²) in [6.07, 6.45) is 0. The van der Waals surface area contributed by atoms with E-state index in [0.717, 1.165) is 31.7 Å². The molecule has 1 aromatic carbocycles. The molecule has 1 aliphatic rings. The summed E-state index contributed by atoms with van der Waals surface area (Å²) in [6.45, 7) is 3.94. The molecule has 0 spiro atoms. The van der Waals surface area contributed by atoms with Crippen LogP contribution in [0.25, 0.3) is 0 Å². The van der Waals surface area contributed by atoms with Crippen LogP contribution < -0.4 is 11.1 Å². The predicted octanol–water partition coefficient (Wildman–Crippen LogP) is 0.388. The molecule has 1 heterocycles. The highest BCUT2D eigenvalue weighted by atomic mass is 16.2. The molecule has 92 valence electrons. The molecule has 1 saturated heterocycles. The van der Waals surface area contributed by atoms with Crippen molar-refractivity contribution in [2.75, 3.05) is 26.2 Å². The average Bonchev–Trinajstić information content (AvgIpc) is 2.38. The summed E-state index contributed by atoms with van der Waals surface area (Å²) < 4.78 is 0. The van der Waals surface area contributed by atoms with Crippen molar-refractivity contribution in [3.05, 3.63) is 35.9 Å². The minimum Gasteiger partial charge on any atom is -0.350 e. The first-order chi connectivity index (χ1) is 8.27. The van der Waals surface area contributed by atoms with Crippen molar-refractivity contribution in [2.45, 2.75) is 6.54 Å². The van der Waals surface area contributed by atoms with Crippen LogP contribution in [0, 0.1) is 0 Å². The number of nitrogens with one attached hydrogen (secondary N) is 1. The van der Waals surface area contributed by atoms with E-state index in [1.165, 1.54) is 0 Å². The van der Waals surface area contributed by atoms with E-state index in [2.05, 4.69) is 5.32 Å². The van der Waals surface area contributed by atoms with Gasteiger partial charge in [-0.1, -0.05) is 30.3 Å². The molecule has 2 amide bonds. The number of primary amides is 1. The number of hydrazine groups is 1. The molecule has 0 atom stereocenters. The van der Waals surface area contributed by atoms with Crippen LogP contribution in [0.15, 0.2) is 30.3 Å². The highest BCUT2D eigenvalue weighted by Gasteiger charge is 2.20. The molecule has 1 aliphatic heterocycles. The lowest BCUT2D eigenvalue weighted by molar-refractivity contribution is 0.00115. The van der Waals surface area contributed by atoms with Crippen molar-refractivity contribution in [1.29, 1.82) is 0 Å². The van der Waals surface area contributed by atoms with E-state index in [-0.39, 0.29) is 0 Å². The summed E-state index contributed by atoms with van der Waals surface area (Å²) in [6, 6.07) is 9.49. The second-order valence-electron chi connectivity index (χ2n) is 4.09. The molecular weight excluding hydrogens is 216 g/mol. The minimum absolute atomic E-state index is 0.393. The van der Waals surface area contributed by atoms with Gasteiger partial charge in [0.1, 0.15) is 0 Å². The van der Waals surface area contributed by atoms with Crippen LogP contribution in [0.5, 0.6) is 0 Å². The van der Waals surface area contributed by atoms with Gasteiger partial charge in [-0.05, 0) is 5.56 Å². The first-order valence-corrected chi connectivity index (χ1v) is 5.84. The number of piperazine rings is 1.